The zero-order valence-corrected chi connectivity index (χ0v) is 25.8. The Balaban J connectivity index is 1.73. The van der Waals surface area contributed by atoms with E-state index in [1.807, 2.05) is 41.0 Å². The number of ether oxygens (including phenoxy) is 1. The van der Waals surface area contributed by atoms with E-state index in [0.29, 0.717) is 45.3 Å². The van der Waals surface area contributed by atoms with Crippen molar-refractivity contribution < 1.29 is 22.7 Å². The smallest absolute Gasteiger partial charge is 0.243 e. The van der Waals surface area contributed by atoms with Crippen molar-refractivity contribution in [3.63, 3.8) is 0 Å². The highest BCUT2D eigenvalue weighted by Gasteiger charge is 2.33. The first-order chi connectivity index (χ1) is 19.8. The molecule has 0 atom stereocenters. The van der Waals surface area contributed by atoms with Crippen molar-refractivity contribution in [1.29, 1.82) is 0 Å². The maximum atomic E-state index is 13.9. The fourth-order valence-electron chi connectivity index (χ4n) is 5.33. The van der Waals surface area contributed by atoms with Crippen LogP contribution >= 0.6 is 0 Å². The molecule has 0 aliphatic carbocycles. The van der Waals surface area contributed by atoms with Crippen molar-refractivity contribution >= 4 is 21.8 Å². The Hall–Kier alpha value is -2.91. The van der Waals surface area contributed by atoms with Crippen molar-refractivity contribution in [2.45, 2.75) is 89.1 Å². The number of amides is 2. The minimum absolute atomic E-state index is 0.0823. The molecular formula is C32H47N3O5S. The summed E-state index contributed by atoms with van der Waals surface area (Å²) in [6.07, 6.45) is 8.07. The topological polar surface area (TPSA) is 87.2 Å². The molecular weight excluding hydrogens is 538 g/mol. The SMILES string of the molecule is CCCCCCCC(=O)N1CCC(N(Cc2ccc(OC)cc2)C(=O)CN(CCC)S(=O)(=O)c2ccccc2)CC1. The molecule has 9 heteroatoms. The van der Waals surface area contributed by atoms with Crippen molar-refractivity contribution in [2.75, 3.05) is 33.3 Å². The first kappa shape index (κ1) is 32.6. The van der Waals surface area contributed by atoms with Crippen LogP contribution in [0.5, 0.6) is 5.75 Å². The molecule has 3 rings (SSSR count). The molecule has 2 aromatic carbocycles. The maximum Gasteiger partial charge on any atom is 0.243 e. The summed E-state index contributed by atoms with van der Waals surface area (Å²) < 4.78 is 33.5. The molecule has 0 aromatic heterocycles. The van der Waals surface area contributed by atoms with E-state index in [0.717, 1.165) is 24.2 Å². The first-order valence-electron chi connectivity index (χ1n) is 15.1. The van der Waals surface area contributed by atoms with Crippen LogP contribution in [-0.4, -0.2) is 73.7 Å². The van der Waals surface area contributed by atoms with E-state index >= 15 is 0 Å². The van der Waals surface area contributed by atoms with Crippen molar-refractivity contribution in [3.8, 4) is 5.75 Å². The van der Waals surface area contributed by atoms with Crippen LogP contribution in [0.4, 0.5) is 0 Å². The van der Waals surface area contributed by atoms with E-state index in [2.05, 4.69) is 6.92 Å². The standard InChI is InChI=1S/C32H47N3O5S/c1-4-6-7-8-12-15-31(36)33-23-20-28(21-24-33)35(25-27-16-18-29(40-3)19-17-27)32(37)26-34(22-5-2)41(38,39)30-13-10-9-11-14-30/h9-11,13-14,16-19,28H,4-8,12,15,20-26H2,1-3H3. The largest absolute Gasteiger partial charge is 0.497 e. The first-order valence-corrected chi connectivity index (χ1v) is 16.5. The van der Waals surface area contributed by atoms with Gasteiger partial charge in [-0.1, -0.05) is 69.9 Å². The number of rotatable bonds is 16. The Morgan fingerprint density at radius 1 is 0.902 bits per heavy atom. The number of unbranched alkanes of at least 4 members (excludes halogenated alkanes) is 4. The predicted octanol–water partition coefficient (Wildman–Crippen LogP) is 5.48. The van der Waals surface area contributed by atoms with Gasteiger partial charge in [0.15, 0.2) is 0 Å². The quantitative estimate of drug-likeness (QED) is 0.244. The summed E-state index contributed by atoms with van der Waals surface area (Å²) in [4.78, 5) is 30.6. The molecule has 0 spiro atoms. The van der Waals surface area contributed by atoms with Gasteiger partial charge in [-0.15, -0.1) is 0 Å². The van der Waals surface area contributed by atoms with Crippen LogP contribution in [0.15, 0.2) is 59.5 Å². The summed E-state index contributed by atoms with van der Waals surface area (Å²) in [7, 11) is -2.21. The van der Waals surface area contributed by atoms with Gasteiger partial charge >= 0.3 is 0 Å². The normalized spacial score (nSPS) is 14.3. The van der Waals surface area contributed by atoms with Gasteiger partial charge in [-0.2, -0.15) is 4.31 Å². The number of benzene rings is 2. The summed E-state index contributed by atoms with van der Waals surface area (Å²) in [5, 5.41) is 0. The van der Waals surface area contributed by atoms with Crippen molar-refractivity contribution in [1.82, 2.24) is 14.1 Å². The van der Waals surface area contributed by atoms with Gasteiger partial charge in [-0.25, -0.2) is 8.42 Å². The molecule has 0 saturated carbocycles. The number of carbonyl (C=O) groups excluding carboxylic acids is 2. The third-order valence-electron chi connectivity index (χ3n) is 7.75. The number of sulfonamides is 1. The lowest BCUT2D eigenvalue weighted by Gasteiger charge is -2.39. The van der Waals surface area contributed by atoms with Gasteiger partial charge in [-0.3, -0.25) is 9.59 Å². The molecule has 8 nitrogen and oxygen atoms in total. The van der Waals surface area contributed by atoms with Crippen LogP contribution in [0.3, 0.4) is 0 Å². The number of carbonyl (C=O) groups is 2. The lowest BCUT2D eigenvalue weighted by molar-refractivity contribution is -0.137. The van der Waals surface area contributed by atoms with Crippen LogP contribution in [-0.2, 0) is 26.2 Å². The van der Waals surface area contributed by atoms with E-state index in [-0.39, 0.29) is 35.8 Å². The fourth-order valence-corrected chi connectivity index (χ4v) is 6.83. The molecule has 2 amide bonds. The lowest BCUT2D eigenvalue weighted by atomic mass is 10.0. The molecule has 0 radical (unpaired) electrons. The van der Waals surface area contributed by atoms with Crippen molar-refractivity contribution in [2.24, 2.45) is 0 Å². The molecule has 0 N–H and O–H groups in total. The van der Waals surface area contributed by atoms with E-state index in [1.54, 1.807) is 37.4 Å². The summed E-state index contributed by atoms with van der Waals surface area (Å²) in [5.74, 6) is 0.696. The van der Waals surface area contributed by atoms with Crippen LogP contribution in [0.25, 0.3) is 0 Å². The van der Waals surface area contributed by atoms with Crippen LogP contribution in [0.1, 0.15) is 77.2 Å². The fraction of sp³-hybridized carbons (Fsp3) is 0.562. The summed E-state index contributed by atoms with van der Waals surface area (Å²) in [6, 6.07) is 15.8. The predicted molar refractivity (Wildman–Crippen MR) is 162 cm³/mol. The second kappa shape index (κ2) is 16.5. The van der Waals surface area contributed by atoms with E-state index in [4.69, 9.17) is 4.74 Å². The van der Waals surface area contributed by atoms with E-state index in [9.17, 15) is 18.0 Å². The summed E-state index contributed by atoms with van der Waals surface area (Å²) in [5.41, 5.74) is 0.942. The van der Waals surface area contributed by atoms with E-state index in [1.165, 1.54) is 23.6 Å². The molecule has 1 saturated heterocycles. The van der Waals surface area contributed by atoms with E-state index < -0.39 is 10.0 Å². The summed E-state index contributed by atoms with van der Waals surface area (Å²) in [6.45, 7) is 5.69. The number of hydrogen-bond acceptors (Lipinski definition) is 5. The van der Waals surface area contributed by atoms with Gasteiger partial charge < -0.3 is 14.5 Å². The second-order valence-corrected chi connectivity index (χ2v) is 12.7. The molecule has 2 aromatic rings. The molecule has 226 valence electrons. The Morgan fingerprint density at radius 3 is 2.17 bits per heavy atom. The van der Waals surface area contributed by atoms with Crippen LogP contribution in [0, 0.1) is 0 Å². The molecule has 1 aliphatic heterocycles. The molecule has 1 fully saturated rings. The van der Waals surface area contributed by atoms with Crippen LogP contribution in [0.2, 0.25) is 0 Å². The van der Waals surface area contributed by atoms with Gasteiger partial charge in [0.2, 0.25) is 21.8 Å². The highest BCUT2D eigenvalue weighted by molar-refractivity contribution is 7.89. The zero-order valence-electron chi connectivity index (χ0n) is 25.0. The third-order valence-corrected chi connectivity index (χ3v) is 9.61. The number of likely N-dealkylation sites (tertiary alicyclic amines) is 1. The Morgan fingerprint density at radius 2 is 1.56 bits per heavy atom. The number of methoxy groups -OCH3 is 1. The van der Waals surface area contributed by atoms with Gasteiger partial charge in [-0.05, 0) is 55.5 Å². The highest BCUT2D eigenvalue weighted by Crippen LogP contribution is 2.23. The third kappa shape index (κ3) is 9.57. The average Bonchev–Trinajstić information content (AvgIpc) is 3.00. The Bertz CT molecular complexity index is 1180. The highest BCUT2D eigenvalue weighted by atomic mass is 32.2. The molecule has 1 heterocycles. The Kier molecular flexibility index (Phi) is 13.1. The minimum atomic E-state index is -3.82. The van der Waals surface area contributed by atoms with Gasteiger partial charge in [0.25, 0.3) is 0 Å². The molecule has 0 bridgehead atoms. The second-order valence-electron chi connectivity index (χ2n) is 10.8. The molecule has 41 heavy (non-hydrogen) atoms. The van der Waals surface area contributed by atoms with Crippen molar-refractivity contribution in [3.05, 3.63) is 60.2 Å². The average molecular weight is 586 g/mol. The van der Waals surface area contributed by atoms with Crippen LogP contribution < -0.4 is 4.74 Å². The number of piperidine rings is 1. The molecule has 0 unspecified atom stereocenters. The summed E-state index contributed by atoms with van der Waals surface area (Å²) >= 11 is 0. The number of nitrogens with zero attached hydrogens (tertiary/aromatic N) is 3. The molecule has 1 aliphatic rings. The van der Waals surface area contributed by atoms with Gasteiger partial charge in [0.05, 0.1) is 18.6 Å². The number of hydrogen-bond donors (Lipinski definition) is 0. The van der Waals surface area contributed by atoms with Gasteiger partial charge in [0, 0.05) is 38.6 Å². The monoisotopic (exact) mass is 585 g/mol. The minimum Gasteiger partial charge on any atom is -0.497 e. The lowest BCUT2D eigenvalue weighted by Crippen LogP contribution is -2.51. The van der Waals surface area contributed by atoms with Gasteiger partial charge in [0.1, 0.15) is 5.75 Å². The maximum absolute atomic E-state index is 13.9. The zero-order chi connectivity index (χ0) is 29.7. The Labute approximate surface area is 246 Å².